The van der Waals surface area contributed by atoms with Crippen LogP contribution in [0.5, 0.6) is 5.75 Å². The summed E-state index contributed by atoms with van der Waals surface area (Å²) in [5.74, 6) is 0.777. The molecule has 0 saturated carbocycles. The SMILES string of the molecule is COc1cc(S)cc2cc(C#N)sc12. The van der Waals surface area contributed by atoms with Crippen LogP contribution in [-0.2, 0) is 0 Å². The molecule has 2 rings (SSSR count). The summed E-state index contributed by atoms with van der Waals surface area (Å²) in [4.78, 5) is 1.54. The predicted octanol–water partition coefficient (Wildman–Crippen LogP) is 3.07. The van der Waals surface area contributed by atoms with Gasteiger partial charge in [0.25, 0.3) is 0 Å². The van der Waals surface area contributed by atoms with Crippen molar-refractivity contribution in [2.45, 2.75) is 4.90 Å². The molecule has 2 nitrogen and oxygen atoms in total. The van der Waals surface area contributed by atoms with E-state index in [-0.39, 0.29) is 0 Å². The second-order valence-electron chi connectivity index (χ2n) is 2.79. The van der Waals surface area contributed by atoms with Crippen molar-refractivity contribution in [2.75, 3.05) is 7.11 Å². The molecule has 0 unspecified atom stereocenters. The van der Waals surface area contributed by atoms with Gasteiger partial charge in [0.05, 0.1) is 11.8 Å². The van der Waals surface area contributed by atoms with Gasteiger partial charge in [-0.3, -0.25) is 0 Å². The maximum absolute atomic E-state index is 8.77. The lowest BCUT2D eigenvalue weighted by atomic mass is 10.2. The van der Waals surface area contributed by atoms with Crippen LogP contribution < -0.4 is 4.74 Å². The van der Waals surface area contributed by atoms with E-state index in [2.05, 4.69) is 18.7 Å². The average molecular weight is 221 g/mol. The molecule has 0 aliphatic heterocycles. The van der Waals surface area contributed by atoms with Crippen molar-refractivity contribution in [3.8, 4) is 11.8 Å². The number of rotatable bonds is 1. The van der Waals surface area contributed by atoms with Crippen molar-refractivity contribution in [3.05, 3.63) is 23.1 Å². The van der Waals surface area contributed by atoms with Crippen LogP contribution in [0.2, 0.25) is 0 Å². The lowest BCUT2D eigenvalue weighted by Crippen LogP contribution is -1.82. The van der Waals surface area contributed by atoms with Gasteiger partial charge in [-0.2, -0.15) is 5.26 Å². The monoisotopic (exact) mass is 221 g/mol. The molecule has 0 aliphatic carbocycles. The minimum Gasteiger partial charge on any atom is -0.495 e. The Hall–Kier alpha value is -1.18. The molecule has 0 aliphatic rings. The van der Waals surface area contributed by atoms with Crippen molar-refractivity contribution >= 4 is 34.1 Å². The summed E-state index contributed by atoms with van der Waals surface area (Å²) in [6.07, 6.45) is 0. The van der Waals surface area contributed by atoms with Gasteiger partial charge in [0.1, 0.15) is 16.7 Å². The van der Waals surface area contributed by atoms with Crippen molar-refractivity contribution < 1.29 is 4.74 Å². The van der Waals surface area contributed by atoms with E-state index < -0.39 is 0 Å². The Morgan fingerprint density at radius 1 is 1.43 bits per heavy atom. The van der Waals surface area contributed by atoms with Crippen LogP contribution in [0.25, 0.3) is 10.1 Å². The fourth-order valence-electron chi connectivity index (χ4n) is 1.31. The minimum atomic E-state index is 0.692. The number of nitrogens with zero attached hydrogens (tertiary/aromatic N) is 1. The third-order valence-corrected chi connectivity index (χ3v) is 3.23. The van der Waals surface area contributed by atoms with Gasteiger partial charge in [-0.05, 0) is 23.6 Å². The highest BCUT2D eigenvalue weighted by Gasteiger charge is 2.07. The van der Waals surface area contributed by atoms with E-state index in [1.54, 1.807) is 7.11 Å². The summed E-state index contributed by atoms with van der Waals surface area (Å²) in [6, 6.07) is 7.75. The van der Waals surface area contributed by atoms with E-state index in [0.29, 0.717) is 4.88 Å². The molecule has 0 amide bonds. The summed E-state index contributed by atoms with van der Waals surface area (Å²) < 4.78 is 6.22. The Kier molecular flexibility index (Phi) is 2.36. The van der Waals surface area contributed by atoms with Crippen molar-refractivity contribution in [3.63, 3.8) is 0 Å². The zero-order chi connectivity index (χ0) is 10.1. The number of thiol groups is 1. The highest BCUT2D eigenvalue weighted by molar-refractivity contribution is 7.80. The predicted molar refractivity (Wildman–Crippen MR) is 60.3 cm³/mol. The number of benzene rings is 1. The van der Waals surface area contributed by atoms with Crippen LogP contribution in [-0.4, -0.2) is 7.11 Å². The summed E-state index contributed by atoms with van der Waals surface area (Å²) in [5.41, 5.74) is 0. The van der Waals surface area contributed by atoms with Gasteiger partial charge >= 0.3 is 0 Å². The molecule has 1 aromatic carbocycles. The Labute approximate surface area is 91.1 Å². The fraction of sp³-hybridized carbons (Fsp3) is 0.100. The Morgan fingerprint density at radius 2 is 2.21 bits per heavy atom. The number of thiophene rings is 1. The summed E-state index contributed by atoms with van der Waals surface area (Å²) in [7, 11) is 1.62. The lowest BCUT2D eigenvalue weighted by Gasteiger charge is -2.01. The molecule has 1 aromatic heterocycles. The molecule has 2 aromatic rings. The standard InChI is InChI=1S/C10H7NOS2/c1-12-9-4-7(13)2-6-3-8(5-11)14-10(6)9/h2-4,13H,1H3. The molecule has 0 atom stereocenters. The quantitative estimate of drug-likeness (QED) is 0.751. The second kappa shape index (κ2) is 3.52. The highest BCUT2D eigenvalue weighted by Crippen LogP contribution is 2.35. The average Bonchev–Trinajstić information content (AvgIpc) is 2.59. The van der Waals surface area contributed by atoms with Crippen molar-refractivity contribution in [2.24, 2.45) is 0 Å². The van der Waals surface area contributed by atoms with Gasteiger partial charge in [0.2, 0.25) is 0 Å². The first-order valence-electron chi connectivity index (χ1n) is 3.95. The zero-order valence-electron chi connectivity index (χ0n) is 7.44. The van der Waals surface area contributed by atoms with E-state index in [4.69, 9.17) is 10.00 Å². The van der Waals surface area contributed by atoms with Gasteiger partial charge in [0, 0.05) is 4.90 Å². The van der Waals surface area contributed by atoms with Crippen molar-refractivity contribution in [1.82, 2.24) is 0 Å². The summed E-state index contributed by atoms with van der Waals surface area (Å²) in [6.45, 7) is 0. The molecule has 14 heavy (non-hydrogen) atoms. The van der Waals surface area contributed by atoms with Crippen LogP contribution in [0.4, 0.5) is 0 Å². The minimum absolute atomic E-state index is 0.692. The smallest absolute Gasteiger partial charge is 0.137 e. The second-order valence-corrected chi connectivity index (χ2v) is 4.36. The Morgan fingerprint density at radius 3 is 2.86 bits per heavy atom. The van der Waals surface area contributed by atoms with Gasteiger partial charge in [-0.1, -0.05) is 0 Å². The molecule has 1 heterocycles. The number of nitriles is 1. The first kappa shape index (κ1) is 9.38. The third kappa shape index (κ3) is 1.45. The lowest BCUT2D eigenvalue weighted by molar-refractivity contribution is 0.419. The van der Waals surface area contributed by atoms with E-state index in [0.717, 1.165) is 20.7 Å². The van der Waals surface area contributed by atoms with E-state index in [1.807, 2.05) is 18.2 Å². The normalized spacial score (nSPS) is 10.1. The molecule has 0 fully saturated rings. The first-order chi connectivity index (χ1) is 6.74. The van der Waals surface area contributed by atoms with E-state index in [1.165, 1.54) is 11.3 Å². The van der Waals surface area contributed by atoms with E-state index >= 15 is 0 Å². The Bertz CT molecular complexity index is 525. The largest absolute Gasteiger partial charge is 0.495 e. The number of ether oxygens (including phenoxy) is 1. The summed E-state index contributed by atoms with van der Waals surface area (Å²) in [5, 5.41) is 9.78. The van der Waals surface area contributed by atoms with Gasteiger partial charge in [0.15, 0.2) is 0 Å². The third-order valence-electron chi connectivity index (χ3n) is 1.90. The number of hydrogen-bond acceptors (Lipinski definition) is 4. The topological polar surface area (TPSA) is 33.0 Å². The maximum atomic E-state index is 8.77. The molecule has 4 heteroatoms. The molecule has 0 spiro atoms. The molecule has 0 N–H and O–H groups in total. The Balaban J connectivity index is 2.79. The van der Waals surface area contributed by atoms with Crippen LogP contribution in [0.1, 0.15) is 4.88 Å². The fourth-order valence-corrected chi connectivity index (χ4v) is 2.50. The molecular formula is C10H7NOS2. The summed E-state index contributed by atoms with van der Waals surface area (Å²) >= 11 is 5.70. The van der Waals surface area contributed by atoms with Gasteiger partial charge < -0.3 is 4.74 Å². The molecule has 0 saturated heterocycles. The van der Waals surface area contributed by atoms with Crippen LogP contribution in [0, 0.1) is 11.3 Å². The van der Waals surface area contributed by atoms with Crippen LogP contribution in [0.15, 0.2) is 23.1 Å². The maximum Gasteiger partial charge on any atom is 0.137 e. The molecule has 0 radical (unpaired) electrons. The van der Waals surface area contributed by atoms with Crippen LogP contribution in [0.3, 0.4) is 0 Å². The highest BCUT2D eigenvalue weighted by atomic mass is 32.1. The number of hydrogen-bond donors (Lipinski definition) is 1. The van der Waals surface area contributed by atoms with Gasteiger partial charge in [-0.25, -0.2) is 0 Å². The van der Waals surface area contributed by atoms with Gasteiger partial charge in [-0.15, -0.1) is 24.0 Å². The number of fused-ring (bicyclic) bond motifs is 1. The zero-order valence-corrected chi connectivity index (χ0v) is 9.15. The molecule has 0 bridgehead atoms. The molecule has 70 valence electrons. The number of methoxy groups -OCH3 is 1. The first-order valence-corrected chi connectivity index (χ1v) is 5.21. The molecular weight excluding hydrogens is 214 g/mol. The van der Waals surface area contributed by atoms with Crippen LogP contribution >= 0.6 is 24.0 Å². The van der Waals surface area contributed by atoms with E-state index in [9.17, 15) is 0 Å². The van der Waals surface area contributed by atoms with Crippen molar-refractivity contribution in [1.29, 1.82) is 5.26 Å².